The second kappa shape index (κ2) is 11.1. The Kier molecular flexibility index (Phi) is 7.87. The molecule has 0 unspecified atom stereocenters. The Morgan fingerprint density at radius 3 is 2.49 bits per heavy atom. The van der Waals surface area contributed by atoms with Crippen molar-refractivity contribution in [2.24, 2.45) is 5.73 Å². The van der Waals surface area contributed by atoms with Crippen molar-refractivity contribution in [1.29, 1.82) is 0 Å². The second-order valence-corrected chi connectivity index (χ2v) is 9.32. The van der Waals surface area contributed by atoms with Crippen LogP contribution in [0.15, 0.2) is 63.7 Å². The van der Waals surface area contributed by atoms with Crippen LogP contribution in [-0.2, 0) is 25.7 Å². The molecule has 9 nitrogen and oxygen atoms in total. The fourth-order valence-corrected chi connectivity index (χ4v) is 4.99. The molecule has 37 heavy (non-hydrogen) atoms. The van der Waals surface area contributed by atoms with E-state index in [-0.39, 0.29) is 29.4 Å². The molecule has 1 atom stereocenters. The van der Waals surface area contributed by atoms with Crippen molar-refractivity contribution in [1.82, 2.24) is 0 Å². The van der Waals surface area contributed by atoms with Crippen molar-refractivity contribution >= 4 is 33.7 Å². The molecule has 2 aromatic carbocycles. The van der Waals surface area contributed by atoms with E-state index in [1.54, 1.807) is 24.3 Å². The number of allylic oxidation sites excluding steroid dienone is 2. The molecule has 1 heterocycles. The highest BCUT2D eigenvalue weighted by Crippen LogP contribution is 2.48. The van der Waals surface area contributed by atoms with Crippen LogP contribution in [0.2, 0.25) is 0 Å². The van der Waals surface area contributed by atoms with Gasteiger partial charge in [-0.2, -0.15) is 0 Å². The molecule has 0 spiro atoms. The zero-order valence-corrected chi connectivity index (χ0v) is 21.9. The summed E-state index contributed by atoms with van der Waals surface area (Å²) in [6.45, 7) is 2.33. The summed E-state index contributed by atoms with van der Waals surface area (Å²) in [5, 5.41) is 9.09. The van der Waals surface area contributed by atoms with Gasteiger partial charge >= 0.3 is 11.9 Å². The number of benzene rings is 2. The summed E-state index contributed by atoms with van der Waals surface area (Å²) in [6, 6.07) is 9.79. The van der Waals surface area contributed by atoms with Crippen LogP contribution in [0.5, 0.6) is 11.5 Å². The number of hydrogen-bond donors (Lipinski definition) is 2. The number of halogens is 1. The van der Waals surface area contributed by atoms with Gasteiger partial charge in [0.15, 0.2) is 17.3 Å². The van der Waals surface area contributed by atoms with Gasteiger partial charge in [-0.25, -0.2) is 9.59 Å². The molecule has 0 bridgehead atoms. The van der Waals surface area contributed by atoms with E-state index < -0.39 is 17.9 Å². The summed E-state index contributed by atoms with van der Waals surface area (Å²) in [4.78, 5) is 36.9. The lowest BCUT2D eigenvalue weighted by Crippen LogP contribution is -2.31. The maximum absolute atomic E-state index is 13.0. The highest BCUT2D eigenvalue weighted by Gasteiger charge is 2.42. The van der Waals surface area contributed by atoms with Crippen LogP contribution in [0.1, 0.15) is 53.6 Å². The van der Waals surface area contributed by atoms with Gasteiger partial charge in [0.05, 0.1) is 25.2 Å². The third-order valence-corrected chi connectivity index (χ3v) is 6.85. The molecule has 1 aliphatic carbocycles. The number of carboxylic acids is 1. The summed E-state index contributed by atoms with van der Waals surface area (Å²) in [5.41, 5.74) is 8.12. The molecule has 10 heteroatoms. The van der Waals surface area contributed by atoms with Crippen LogP contribution in [-0.4, -0.2) is 36.5 Å². The molecule has 0 fully saturated rings. The topological polar surface area (TPSA) is 134 Å². The van der Waals surface area contributed by atoms with Gasteiger partial charge < -0.3 is 29.8 Å². The molecule has 2 aliphatic rings. The van der Waals surface area contributed by atoms with Gasteiger partial charge in [-0.15, -0.1) is 0 Å². The van der Waals surface area contributed by atoms with Crippen LogP contribution in [0.3, 0.4) is 0 Å². The van der Waals surface area contributed by atoms with Crippen molar-refractivity contribution in [3.63, 3.8) is 0 Å². The van der Waals surface area contributed by atoms with Crippen molar-refractivity contribution < 1.29 is 38.4 Å². The van der Waals surface area contributed by atoms with E-state index >= 15 is 0 Å². The van der Waals surface area contributed by atoms with E-state index in [0.29, 0.717) is 58.7 Å². The van der Waals surface area contributed by atoms with Gasteiger partial charge in [-0.1, -0.05) is 28.1 Å². The van der Waals surface area contributed by atoms with Crippen LogP contribution in [0.4, 0.5) is 0 Å². The fraction of sp³-hybridized carbons (Fsp3) is 0.296. The van der Waals surface area contributed by atoms with Crippen molar-refractivity contribution in [3.8, 4) is 11.5 Å². The standard InChI is InChI=1S/C27H26BrNO8/c1-3-35-20-11-16(17(28)12-21(20)36-13-14-7-9-15(10-8-14)26(31)32)22-23-18(30)5-4-6-19(23)37-25(29)24(22)27(33)34-2/h7-12,22H,3-6,13,29H2,1-2H3,(H,31,32)/t22-/m0/s1. The third kappa shape index (κ3) is 5.34. The molecule has 0 saturated carbocycles. The first-order valence-electron chi connectivity index (χ1n) is 11.7. The predicted octanol–water partition coefficient (Wildman–Crippen LogP) is 4.59. The smallest absolute Gasteiger partial charge is 0.340 e. The number of carbonyl (C=O) groups is 3. The molecule has 194 valence electrons. The quantitative estimate of drug-likeness (QED) is 0.436. The number of esters is 1. The Labute approximate surface area is 222 Å². The Bertz CT molecular complexity index is 1310. The number of Topliss-reactive ketones (excluding diaryl/α,β-unsaturated/α-hetero) is 1. The van der Waals surface area contributed by atoms with Crippen LogP contribution in [0, 0.1) is 0 Å². The van der Waals surface area contributed by atoms with E-state index in [1.807, 2.05) is 6.92 Å². The SMILES string of the molecule is CCOc1cc([C@@H]2C(C(=O)OC)=C(N)OC3=C2C(=O)CCC3)c(Br)cc1OCc1ccc(C(=O)O)cc1. The zero-order chi connectivity index (χ0) is 26.7. The van der Waals surface area contributed by atoms with Gasteiger partial charge in [0.25, 0.3) is 0 Å². The van der Waals surface area contributed by atoms with Crippen molar-refractivity contribution in [2.75, 3.05) is 13.7 Å². The van der Waals surface area contributed by atoms with E-state index in [1.165, 1.54) is 19.2 Å². The minimum atomic E-state index is -1.01. The Hall–Kier alpha value is -3.79. The minimum absolute atomic E-state index is 0.0480. The van der Waals surface area contributed by atoms with Gasteiger partial charge in [0, 0.05) is 22.9 Å². The van der Waals surface area contributed by atoms with Crippen LogP contribution < -0.4 is 15.2 Å². The molecule has 0 amide bonds. The summed E-state index contributed by atoms with van der Waals surface area (Å²) < 4.78 is 23.1. The summed E-state index contributed by atoms with van der Waals surface area (Å²) >= 11 is 3.58. The molecule has 0 radical (unpaired) electrons. The number of rotatable bonds is 8. The lowest BCUT2D eigenvalue weighted by Gasteiger charge is -2.33. The van der Waals surface area contributed by atoms with Crippen LogP contribution in [0.25, 0.3) is 0 Å². The minimum Gasteiger partial charge on any atom is -0.490 e. The van der Waals surface area contributed by atoms with Gasteiger partial charge in [-0.3, -0.25) is 4.79 Å². The normalized spacial score (nSPS) is 17.2. The van der Waals surface area contributed by atoms with Crippen molar-refractivity contribution in [3.05, 3.63) is 80.3 Å². The van der Waals surface area contributed by atoms with Gasteiger partial charge in [-0.05, 0) is 48.7 Å². The first kappa shape index (κ1) is 26.3. The highest BCUT2D eigenvalue weighted by molar-refractivity contribution is 9.10. The Morgan fingerprint density at radius 2 is 1.84 bits per heavy atom. The molecule has 4 rings (SSSR count). The maximum Gasteiger partial charge on any atom is 0.340 e. The van der Waals surface area contributed by atoms with E-state index in [9.17, 15) is 14.4 Å². The molecule has 2 aromatic rings. The summed E-state index contributed by atoms with van der Waals surface area (Å²) in [6.07, 6.45) is 1.51. The Balaban J connectivity index is 1.74. The van der Waals surface area contributed by atoms with E-state index in [4.69, 9.17) is 29.8 Å². The third-order valence-electron chi connectivity index (χ3n) is 6.16. The van der Waals surface area contributed by atoms with Gasteiger partial charge in [0.2, 0.25) is 5.88 Å². The number of ketones is 1. The number of hydrogen-bond acceptors (Lipinski definition) is 8. The number of ether oxygens (including phenoxy) is 4. The Morgan fingerprint density at radius 1 is 1.14 bits per heavy atom. The molecular formula is C27H26BrNO8. The average Bonchev–Trinajstić information content (AvgIpc) is 2.88. The summed E-state index contributed by atoms with van der Waals surface area (Å²) in [5.74, 6) is -1.43. The first-order valence-corrected chi connectivity index (χ1v) is 12.5. The maximum atomic E-state index is 13.0. The number of carbonyl (C=O) groups excluding carboxylic acids is 2. The lowest BCUT2D eigenvalue weighted by atomic mass is 9.77. The summed E-state index contributed by atoms with van der Waals surface area (Å²) in [7, 11) is 1.24. The largest absolute Gasteiger partial charge is 0.490 e. The monoisotopic (exact) mass is 571 g/mol. The lowest BCUT2D eigenvalue weighted by molar-refractivity contribution is -0.136. The number of nitrogens with two attached hydrogens (primary N) is 1. The molecule has 1 aliphatic heterocycles. The zero-order valence-electron chi connectivity index (χ0n) is 20.3. The number of methoxy groups -OCH3 is 1. The fourth-order valence-electron chi connectivity index (χ4n) is 4.43. The van der Waals surface area contributed by atoms with Crippen LogP contribution >= 0.6 is 15.9 Å². The van der Waals surface area contributed by atoms with Gasteiger partial charge in [0.1, 0.15) is 17.9 Å². The number of aromatic carboxylic acids is 1. The average molecular weight is 572 g/mol. The molecule has 0 aromatic heterocycles. The molecule has 3 N–H and O–H groups in total. The highest BCUT2D eigenvalue weighted by atomic mass is 79.9. The molecular weight excluding hydrogens is 546 g/mol. The second-order valence-electron chi connectivity index (χ2n) is 8.46. The molecule has 0 saturated heterocycles. The first-order chi connectivity index (χ1) is 17.7. The van der Waals surface area contributed by atoms with Crippen molar-refractivity contribution in [2.45, 2.75) is 38.7 Å². The predicted molar refractivity (Wildman–Crippen MR) is 136 cm³/mol. The van der Waals surface area contributed by atoms with E-state index in [0.717, 1.165) is 5.56 Å². The van der Waals surface area contributed by atoms with E-state index in [2.05, 4.69) is 15.9 Å². The number of carboxylic acid groups (broad SMARTS) is 1.